The summed E-state index contributed by atoms with van der Waals surface area (Å²) in [7, 11) is 0. The molecule has 2 N–H and O–H groups in total. The van der Waals surface area contributed by atoms with Gasteiger partial charge in [-0.2, -0.15) is 0 Å². The number of hydrogen-bond acceptors (Lipinski definition) is 6. The molecule has 1 saturated heterocycles. The van der Waals surface area contributed by atoms with Crippen molar-refractivity contribution in [1.82, 2.24) is 20.2 Å². The first-order valence-electron chi connectivity index (χ1n) is 8.61. The van der Waals surface area contributed by atoms with E-state index in [1.54, 1.807) is 17.9 Å². The summed E-state index contributed by atoms with van der Waals surface area (Å²) in [5.41, 5.74) is 0.178. The van der Waals surface area contributed by atoms with Crippen LogP contribution in [0.2, 0.25) is 0 Å². The van der Waals surface area contributed by atoms with E-state index in [9.17, 15) is 9.59 Å². The molecule has 1 aromatic heterocycles. The van der Waals surface area contributed by atoms with Crippen LogP contribution in [0.25, 0.3) is 0 Å². The highest BCUT2D eigenvalue weighted by Gasteiger charge is 2.25. The number of ether oxygens (including phenoxy) is 1. The van der Waals surface area contributed by atoms with Crippen LogP contribution in [0.3, 0.4) is 0 Å². The van der Waals surface area contributed by atoms with Crippen LogP contribution in [0.5, 0.6) is 0 Å². The van der Waals surface area contributed by atoms with E-state index in [-0.39, 0.29) is 23.6 Å². The Morgan fingerprint density at radius 2 is 1.96 bits per heavy atom. The molecule has 2 amide bonds. The number of hydrogen-bond donors (Lipinski definition) is 2. The molecule has 0 spiro atoms. The van der Waals surface area contributed by atoms with Gasteiger partial charge in [-0.25, -0.2) is 14.8 Å². The minimum Gasteiger partial charge on any atom is -0.450 e. The summed E-state index contributed by atoms with van der Waals surface area (Å²) in [6.45, 7) is 9.36. The van der Waals surface area contributed by atoms with Gasteiger partial charge in [0.25, 0.3) is 5.91 Å². The second kappa shape index (κ2) is 8.13. The van der Waals surface area contributed by atoms with Crippen molar-refractivity contribution in [1.29, 1.82) is 0 Å². The van der Waals surface area contributed by atoms with Crippen molar-refractivity contribution in [3.63, 3.8) is 0 Å². The fourth-order valence-corrected chi connectivity index (χ4v) is 2.61. The Balaban J connectivity index is 1.89. The van der Waals surface area contributed by atoms with Crippen molar-refractivity contribution in [2.45, 2.75) is 52.1 Å². The molecule has 1 aliphatic rings. The lowest BCUT2D eigenvalue weighted by atomic mass is 10.1. The van der Waals surface area contributed by atoms with E-state index >= 15 is 0 Å². The van der Waals surface area contributed by atoms with Gasteiger partial charge in [-0.1, -0.05) is 0 Å². The summed E-state index contributed by atoms with van der Waals surface area (Å²) in [6.07, 6.45) is 2.48. The number of nitrogens with zero attached hydrogens (tertiary/aromatic N) is 3. The normalized spacial score (nSPS) is 15.6. The van der Waals surface area contributed by atoms with Gasteiger partial charge < -0.3 is 20.3 Å². The average Bonchev–Trinajstić information content (AvgIpc) is 2.54. The van der Waals surface area contributed by atoms with E-state index in [1.807, 2.05) is 20.8 Å². The largest absolute Gasteiger partial charge is 0.450 e. The fourth-order valence-electron chi connectivity index (χ4n) is 2.61. The third kappa shape index (κ3) is 5.88. The maximum absolute atomic E-state index is 12.4. The zero-order valence-corrected chi connectivity index (χ0v) is 15.3. The SMILES string of the molecule is CCOC(=O)N1CCC(NC(=O)c2cc(NC(C)(C)C)ncn2)CC1. The maximum Gasteiger partial charge on any atom is 0.409 e. The summed E-state index contributed by atoms with van der Waals surface area (Å²) in [4.78, 5) is 34.0. The monoisotopic (exact) mass is 349 g/mol. The van der Waals surface area contributed by atoms with Gasteiger partial charge in [-0.3, -0.25) is 4.79 Å². The fraction of sp³-hybridized carbons (Fsp3) is 0.647. The van der Waals surface area contributed by atoms with E-state index < -0.39 is 0 Å². The van der Waals surface area contributed by atoms with Crippen LogP contribution in [-0.2, 0) is 4.74 Å². The van der Waals surface area contributed by atoms with Crippen molar-refractivity contribution in [3.05, 3.63) is 18.1 Å². The number of aromatic nitrogens is 2. The highest BCUT2D eigenvalue weighted by molar-refractivity contribution is 5.93. The van der Waals surface area contributed by atoms with Gasteiger partial charge in [0, 0.05) is 30.7 Å². The van der Waals surface area contributed by atoms with Crippen LogP contribution < -0.4 is 10.6 Å². The van der Waals surface area contributed by atoms with Crippen molar-refractivity contribution in [2.24, 2.45) is 0 Å². The molecule has 1 aliphatic heterocycles. The number of likely N-dealkylation sites (tertiary alicyclic amines) is 1. The third-order valence-electron chi connectivity index (χ3n) is 3.76. The smallest absolute Gasteiger partial charge is 0.409 e. The average molecular weight is 349 g/mol. The molecule has 138 valence electrons. The lowest BCUT2D eigenvalue weighted by Gasteiger charge is -2.31. The lowest BCUT2D eigenvalue weighted by molar-refractivity contribution is 0.0856. The number of carbonyl (C=O) groups is 2. The second-order valence-corrected chi connectivity index (χ2v) is 7.10. The molecule has 25 heavy (non-hydrogen) atoms. The van der Waals surface area contributed by atoms with Gasteiger partial charge in [0.1, 0.15) is 17.8 Å². The van der Waals surface area contributed by atoms with E-state index in [0.29, 0.717) is 44.0 Å². The van der Waals surface area contributed by atoms with Crippen LogP contribution in [0.1, 0.15) is 51.0 Å². The van der Waals surface area contributed by atoms with Crippen molar-refractivity contribution < 1.29 is 14.3 Å². The molecule has 0 atom stereocenters. The number of carbonyl (C=O) groups excluding carboxylic acids is 2. The van der Waals surface area contributed by atoms with Gasteiger partial charge in [0.2, 0.25) is 0 Å². The highest BCUT2D eigenvalue weighted by Crippen LogP contribution is 2.14. The molecule has 0 saturated carbocycles. The number of nitrogens with one attached hydrogen (secondary N) is 2. The number of anilines is 1. The Hall–Kier alpha value is -2.38. The zero-order chi connectivity index (χ0) is 18.4. The van der Waals surface area contributed by atoms with Crippen molar-refractivity contribution in [3.8, 4) is 0 Å². The summed E-state index contributed by atoms with van der Waals surface area (Å²) >= 11 is 0. The molecule has 0 radical (unpaired) electrons. The minimum absolute atomic E-state index is 0.0205. The van der Waals surface area contributed by atoms with Gasteiger partial charge in [0.15, 0.2) is 0 Å². The summed E-state index contributed by atoms with van der Waals surface area (Å²) in [5.74, 6) is 0.388. The van der Waals surface area contributed by atoms with E-state index in [1.165, 1.54) is 6.33 Å². The summed E-state index contributed by atoms with van der Waals surface area (Å²) in [6, 6.07) is 1.67. The first-order valence-corrected chi connectivity index (χ1v) is 8.61. The van der Waals surface area contributed by atoms with Gasteiger partial charge in [-0.05, 0) is 40.5 Å². The van der Waals surface area contributed by atoms with Crippen molar-refractivity contribution in [2.75, 3.05) is 25.0 Å². The Labute approximate surface area is 148 Å². The molecular weight excluding hydrogens is 322 g/mol. The van der Waals surface area contributed by atoms with Crippen LogP contribution in [0.15, 0.2) is 12.4 Å². The lowest BCUT2D eigenvalue weighted by Crippen LogP contribution is -2.46. The van der Waals surface area contributed by atoms with Gasteiger partial charge in [-0.15, -0.1) is 0 Å². The zero-order valence-electron chi connectivity index (χ0n) is 15.3. The number of piperidine rings is 1. The standard InChI is InChI=1S/C17H27N5O3/c1-5-25-16(24)22-8-6-12(7-9-22)20-15(23)13-10-14(19-11-18-13)21-17(2,3)4/h10-12H,5-9H2,1-4H3,(H,20,23)(H,18,19,21). The Kier molecular flexibility index (Phi) is 6.17. The molecule has 0 aliphatic carbocycles. The number of rotatable bonds is 4. The van der Waals surface area contributed by atoms with E-state index in [0.717, 1.165) is 0 Å². The number of amides is 2. The van der Waals surface area contributed by atoms with E-state index in [2.05, 4.69) is 20.6 Å². The maximum atomic E-state index is 12.4. The molecule has 8 nitrogen and oxygen atoms in total. The van der Waals surface area contributed by atoms with Gasteiger partial charge >= 0.3 is 6.09 Å². The van der Waals surface area contributed by atoms with Crippen LogP contribution in [0.4, 0.5) is 10.6 Å². The molecule has 2 rings (SSSR count). The molecular formula is C17H27N5O3. The Bertz CT molecular complexity index is 607. The molecule has 0 bridgehead atoms. The predicted molar refractivity (Wildman–Crippen MR) is 94.5 cm³/mol. The van der Waals surface area contributed by atoms with Crippen LogP contribution in [-0.4, -0.2) is 58.1 Å². The van der Waals surface area contributed by atoms with Crippen LogP contribution in [0, 0.1) is 0 Å². The topological polar surface area (TPSA) is 96.5 Å². The highest BCUT2D eigenvalue weighted by atomic mass is 16.6. The first-order chi connectivity index (χ1) is 11.8. The molecule has 1 aromatic rings. The molecule has 0 aromatic carbocycles. The molecule has 1 fully saturated rings. The third-order valence-corrected chi connectivity index (χ3v) is 3.76. The molecule has 0 unspecified atom stereocenters. The van der Waals surface area contributed by atoms with Gasteiger partial charge in [0.05, 0.1) is 6.61 Å². The van der Waals surface area contributed by atoms with E-state index in [4.69, 9.17) is 4.74 Å². The quantitative estimate of drug-likeness (QED) is 0.863. The van der Waals surface area contributed by atoms with Crippen molar-refractivity contribution >= 4 is 17.8 Å². The molecule has 8 heteroatoms. The van der Waals surface area contributed by atoms with Crippen LogP contribution >= 0.6 is 0 Å². The minimum atomic E-state index is -0.291. The summed E-state index contributed by atoms with van der Waals surface area (Å²) < 4.78 is 5.00. The Morgan fingerprint density at radius 1 is 1.28 bits per heavy atom. The first kappa shape index (κ1) is 19.0. The second-order valence-electron chi connectivity index (χ2n) is 7.10. The predicted octanol–water partition coefficient (Wildman–Crippen LogP) is 2.04. The molecule has 2 heterocycles. The summed E-state index contributed by atoms with van der Waals surface area (Å²) in [5, 5.41) is 6.20. The Morgan fingerprint density at radius 3 is 2.56 bits per heavy atom.